The molecule has 5 aliphatic rings. The average molecular weight is 705 g/mol. The summed E-state index contributed by atoms with van der Waals surface area (Å²) in [5.41, 5.74) is 0.954. The number of imide groups is 1. The summed E-state index contributed by atoms with van der Waals surface area (Å²) in [6.45, 7) is 8.29. The lowest BCUT2D eigenvalue weighted by molar-refractivity contribution is -0.126. The molecule has 3 heterocycles. The summed E-state index contributed by atoms with van der Waals surface area (Å²) >= 11 is 0. The molecule has 5 fully saturated rings. The quantitative estimate of drug-likeness (QED) is 0.364. The van der Waals surface area contributed by atoms with Crippen LogP contribution in [-0.2, 0) is 25.8 Å². The molecule has 2 saturated carbocycles. The molecule has 0 aromatic heterocycles. The van der Waals surface area contributed by atoms with Crippen LogP contribution in [0.25, 0.3) is 0 Å². The van der Waals surface area contributed by atoms with Gasteiger partial charge in [0.2, 0.25) is 0 Å². The van der Waals surface area contributed by atoms with Gasteiger partial charge in [0.15, 0.2) is 9.84 Å². The first-order chi connectivity index (χ1) is 23.6. The van der Waals surface area contributed by atoms with E-state index >= 15 is 0 Å². The fourth-order valence-electron chi connectivity index (χ4n) is 10.4. The molecule has 2 bridgehead atoms. The zero-order valence-electron chi connectivity index (χ0n) is 29.8. The second-order valence-electron chi connectivity index (χ2n) is 16.9. The van der Waals surface area contributed by atoms with Gasteiger partial charge in [-0.05, 0) is 113 Å². The van der Waals surface area contributed by atoms with Gasteiger partial charge in [-0.15, -0.1) is 0 Å². The maximum absolute atomic E-state index is 13.7. The molecule has 3 saturated heterocycles. The van der Waals surface area contributed by atoms with Crippen molar-refractivity contribution in [1.82, 2.24) is 20.4 Å². The Labute approximate surface area is 296 Å². The van der Waals surface area contributed by atoms with Crippen LogP contribution in [0, 0.1) is 23.2 Å². The maximum Gasteiger partial charge on any atom is 0.410 e. The summed E-state index contributed by atoms with van der Waals surface area (Å²) in [4.78, 5) is 43.7. The highest BCUT2D eigenvalue weighted by molar-refractivity contribution is 7.90. The Morgan fingerprint density at radius 1 is 0.980 bits per heavy atom. The number of rotatable bonds is 7. The number of sulfone groups is 1. The third kappa shape index (κ3) is 6.92. The van der Waals surface area contributed by atoms with Crippen LogP contribution in [0.3, 0.4) is 0 Å². The topological polar surface area (TPSA) is 125 Å². The molecular formula is C39H52N4O6S. The van der Waals surface area contributed by atoms with E-state index in [0.717, 1.165) is 37.7 Å². The molecule has 4 amide bonds. The molecule has 3 aliphatic heterocycles. The Hall–Kier alpha value is -3.44. The van der Waals surface area contributed by atoms with Crippen molar-refractivity contribution in [3.05, 3.63) is 65.7 Å². The van der Waals surface area contributed by atoms with Crippen molar-refractivity contribution >= 4 is 27.9 Å². The highest BCUT2D eigenvalue weighted by atomic mass is 32.2. The van der Waals surface area contributed by atoms with E-state index in [1.807, 2.05) is 43.9 Å². The molecule has 2 N–H and O–H groups in total. The normalized spacial score (nSPS) is 30.3. The van der Waals surface area contributed by atoms with Gasteiger partial charge in [0.05, 0.1) is 4.90 Å². The lowest BCUT2D eigenvalue weighted by Gasteiger charge is -2.53. The van der Waals surface area contributed by atoms with Gasteiger partial charge in [0.25, 0.3) is 5.91 Å². The fourth-order valence-corrected chi connectivity index (χ4v) is 11.0. The summed E-state index contributed by atoms with van der Waals surface area (Å²) in [6.07, 6.45) is 8.64. The monoisotopic (exact) mass is 704 g/mol. The zero-order valence-corrected chi connectivity index (χ0v) is 30.6. The Balaban J connectivity index is 1.23. The minimum atomic E-state index is -3.26. The number of piperidine rings is 1. The molecule has 4 unspecified atom stereocenters. The number of urea groups is 1. The van der Waals surface area contributed by atoms with E-state index < -0.39 is 27.0 Å². The number of hydrogen-bond donors (Lipinski definition) is 2. The predicted molar refractivity (Wildman–Crippen MR) is 190 cm³/mol. The van der Waals surface area contributed by atoms with Crippen LogP contribution in [-0.4, -0.2) is 85.9 Å². The lowest BCUT2D eigenvalue weighted by atomic mass is 9.60. The zero-order chi connectivity index (χ0) is 35.5. The number of nitrogens with one attached hydrogen (secondary N) is 2. The number of fused-ring (bicyclic) bond motifs is 2. The first-order valence-electron chi connectivity index (χ1n) is 18.3. The van der Waals surface area contributed by atoms with Crippen LogP contribution in [0.4, 0.5) is 9.59 Å². The number of nitrogens with zero attached hydrogens (tertiary/aromatic N) is 2. The van der Waals surface area contributed by atoms with E-state index in [0.29, 0.717) is 55.8 Å². The summed E-state index contributed by atoms with van der Waals surface area (Å²) in [5, 5.41) is 5.42. The van der Waals surface area contributed by atoms with Crippen molar-refractivity contribution in [2.75, 3.05) is 32.4 Å². The minimum absolute atomic E-state index is 0.0214. The van der Waals surface area contributed by atoms with Crippen LogP contribution >= 0.6 is 0 Å². The van der Waals surface area contributed by atoms with Crippen molar-refractivity contribution in [1.29, 1.82) is 0 Å². The fraction of sp³-hybridized carbons (Fsp3) is 0.615. The number of benzene rings is 2. The number of hydrogen-bond acceptors (Lipinski definition) is 7. The molecule has 2 aliphatic carbocycles. The summed E-state index contributed by atoms with van der Waals surface area (Å²) in [5.74, 6) is 1.11. The number of amides is 4. The Morgan fingerprint density at radius 3 is 2.30 bits per heavy atom. The van der Waals surface area contributed by atoms with Crippen LogP contribution in [0.5, 0.6) is 0 Å². The Bertz CT molecular complexity index is 1720. The summed E-state index contributed by atoms with van der Waals surface area (Å²) in [7, 11) is -3.26. The maximum atomic E-state index is 13.7. The molecular weight excluding hydrogens is 653 g/mol. The van der Waals surface area contributed by atoms with E-state index in [9.17, 15) is 22.8 Å². The van der Waals surface area contributed by atoms with Gasteiger partial charge in [-0.1, -0.05) is 42.5 Å². The molecule has 2 aromatic rings. The van der Waals surface area contributed by atoms with Gasteiger partial charge in [0, 0.05) is 50.3 Å². The molecule has 2 aromatic carbocycles. The standard InChI is InChI=1S/C39H52N4O6S/c1-37(2,3)49-36(46)43-24-31(29-8-6-5-7-9-29)32(25-43)33(42-18-16-39(17-19-42)34(44)40-35(45)41-39)38-15-14-27(22-38)21-28(23-38)20-26-10-12-30(13-11-26)50(4,47)48/h5-13,27-28,31-33H,14-25H2,1-4H3,(H2,40,41,44,45)/t27?,28?,31-,32-,33?,38?/m1/s1. The molecule has 50 heavy (non-hydrogen) atoms. The molecule has 11 heteroatoms. The van der Waals surface area contributed by atoms with Crippen LogP contribution < -0.4 is 10.6 Å². The first kappa shape index (κ1) is 35.0. The molecule has 7 rings (SSSR count). The molecule has 270 valence electrons. The van der Waals surface area contributed by atoms with Crippen LogP contribution in [0.1, 0.15) is 82.8 Å². The number of carbonyl (C=O) groups excluding carboxylic acids is 3. The SMILES string of the molecule is CC(C)(C)OC(=O)N1C[C@H](c2ccccc2)[C@H](C(N2CCC3(CC2)NC(=O)NC3=O)C23CCC(CC(Cc4ccc(S(C)(=O)=O)cc4)C2)C3)C1. The van der Waals surface area contributed by atoms with E-state index in [2.05, 4.69) is 39.8 Å². The molecule has 6 atom stereocenters. The van der Waals surface area contributed by atoms with Crippen LogP contribution in [0.15, 0.2) is 59.5 Å². The van der Waals surface area contributed by atoms with Crippen molar-refractivity contribution in [2.45, 2.75) is 100 Å². The van der Waals surface area contributed by atoms with Gasteiger partial charge in [-0.3, -0.25) is 15.0 Å². The van der Waals surface area contributed by atoms with Gasteiger partial charge in [-0.2, -0.15) is 0 Å². The first-order valence-corrected chi connectivity index (χ1v) is 20.2. The Morgan fingerprint density at radius 2 is 1.68 bits per heavy atom. The third-order valence-electron chi connectivity index (χ3n) is 12.3. The largest absolute Gasteiger partial charge is 0.444 e. The van der Waals surface area contributed by atoms with Gasteiger partial charge in [0.1, 0.15) is 11.1 Å². The van der Waals surface area contributed by atoms with Gasteiger partial charge >= 0.3 is 12.1 Å². The Kier molecular flexibility index (Phi) is 9.07. The van der Waals surface area contributed by atoms with E-state index in [-0.39, 0.29) is 35.3 Å². The van der Waals surface area contributed by atoms with E-state index in [1.54, 1.807) is 12.1 Å². The van der Waals surface area contributed by atoms with Gasteiger partial charge < -0.3 is 15.0 Å². The summed E-state index contributed by atoms with van der Waals surface area (Å²) in [6, 6.07) is 17.8. The van der Waals surface area contributed by atoms with Crippen LogP contribution in [0.2, 0.25) is 0 Å². The number of likely N-dealkylation sites (tertiary alicyclic amines) is 2. The second kappa shape index (κ2) is 13.0. The predicted octanol–water partition coefficient (Wildman–Crippen LogP) is 5.52. The molecule has 0 radical (unpaired) electrons. The highest BCUT2D eigenvalue weighted by Gasteiger charge is 2.58. The van der Waals surface area contributed by atoms with Gasteiger partial charge in [-0.25, -0.2) is 18.0 Å². The molecule has 1 spiro atoms. The number of carbonyl (C=O) groups is 3. The van der Waals surface area contributed by atoms with Crippen molar-refractivity contribution in [3.63, 3.8) is 0 Å². The highest BCUT2D eigenvalue weighted by Crippen LogP contribution is 2.60. The smallest absolute Gasteiger partial charge is 0.410 e. The molecule has 10 nitrogen and oxygen atoms in total. The van der Waals surface area contributed by atoms with Crippen molar-refractivity contribution in [3.8, 4) is 0 Å². The second-order valence-corrected chi connectivity index (χ2v) is 19.0. The lowest BCUT2D eigenvalue weighted by Crippen LogP contribution is -2.61. The summed E-state index contributed by atoms with van der Waals surface area (Å²) < 4.78 is 30.2. The minimum Gasteiger partial charge on any atom is -0.444 e. The van der Waals surface area contributed by atoms with E-state index in [4.69, 9.17) is 4.74 Å². The number of ether oxygens (including phenoxy) is 1. The van der Waals surface area contributed by atoms with Crippen molar-refractivity contribution in [2.24, 2.45) is 23.2 Å². The third-order valence-corrected chi connectivity index (χ3v) is 13.4. The van der Waals surface area contributed by atoms with E-state index in [1.165, 1.54) is 18.2 Å². The van der Waals surface area contributed by atoms with Crippen molar-refractivity contribution < 1.29 is 27.5 Å². The average Bonchev–Trinajstić information content (AvgIpc) is 3.70.